The Bertz CT molecular complexity index is 995. The molecule has 0 spiro atoms. The van der Waals surface area contributed by atoms with Crippen LogP contribution >= 0.6 is 0 Å². The Hall–Kier alpha value is -2.64. The van der Waals surface area contributed by atoms with E-state index in [9.17, 15) is 27.2 Å². The fourth-order valence-electron chi connectivity index (χ4n) is 3.98. The van der Waals surface area contributed by atoms with Crippen LogP contribution in [0.1, 0.15) is 66.3 Å². The molecule has 1 amide bonds. The molecular weight excluding hydrogens is 388 g/mol. The predicted octanol–water partition coefficient (Wildman–Crippen LogP) is 4.21. The highest BCUT2D eigenvalue weighted by atomic mass is 19.4. The number of nitrogens with one attached hydrogen (secondary N) is 2. The fraction of sp³-hybridized carbons (Fsp3) is 0.429. The summed E-state index contributed by atoms with van der Waals surface area (Å²) in [7, 11) is 0. The summed E-state index contributed by atoms with van der Waals surface area (Å²) in [5.41, 5.74) is -0.0315. The van der Waals surface area contributed by atoms with Gasteiger partial charge in [-0.3, -0.25) is 9.59 Å². The summed E-state index contributed by atoms with van der Waals surface area (Å²) in [5.74, 6) is -1.74. The smallest absolute Gasteiger partial charge is 0.353 e. The molecule has 8 heteroatoms. The van der Waals surface area contributed by atoms with E-state index in [-0.39, 0.29) is 23.4 Å². The summed E-state index contributed by atoms with van der Waals surface area (Å²) in [4.78, 5) is 26.8. The van der Waals surface area contributed by atoms with Crippen molar-refractivity contribution in [2.75, 3.05) is 0 Å². The lowest BCUT2D eigenvalue weighted by Crippen LogP contribution is -2.28. The maximum absolute atomic E-state index is 14.2. The van der Waals surface area contributed by atoms with E-state index in [1.54, 1.807) is 12.1 Å². The molecule has 1 saturated carbocycles. The summed E-state index contributed by atoms with van der Waals surface area (Å²) in [6.45, 7) is 0. The van der Waals surface area contributed by atoms with E-state index in [1.165, 1.54) is 6.07 Å². The first-order chi connectivity index (χ1) is 13.7. The van der Waals surface area contributed by atoms with Crippen LogP contribution in [0.3, 0.4) is 0 Å². The highest BCUT2D eigenvalue weighted by Gasteiger charge is 2.35. The second-order valence-corrected chi connectivity index (χ2v) is 7.80. The average molecular weight is 408 g/mol. The number of aromatic amines is 1. The number of benzene rings is 1. The third-order valence-electron chi connectivity index (χ3n) is 5.66. The van der Waals surface area contributed by atoms with E-state index in [4.69, 9.17) is 0 Å². The molecule has 2 N–H and O–H groups in total. The second kappa shape index (κ2) is 7.31. The molecule has 1 aromatic carbocycles. The molecule has 4 nitrogen and oxygen atoms in total. The van der Waals surface area contributed by atoms with Crippen molar-refractivity contribution in [3.63, 3.8) is 0 Å². The minimum Gasteiger partial charge on any atom is -0.353 e. The lowest BCUT2D eigenvalue weighted by atomic mass is 9.87. The summed E-state index contributed by atoms with van der Waals surface area (Å²) in [6.07, 6.45) is -1.54. The largest absolute Gasteiger partial charge is 0.419 e. The van der Waals surface area contributed by atoms with Crippen LogP contribution < -0.4 is 10.9 Å². The van der Waals surface area contributed by atoms with Gasteiger partial charge in [-0.25, -0.2) is 4.39 Å². The number of pyridine rings is 1. The van der Waals surface area contributed by atoms with Gasteiger partial charge in [0.2, 0.25) is 5.91 Å². The van der Waals surface area contributed by atoms with E-state index < -0.39 is 23.5 Å². The van der Waals surface area contributed by atoms with E-state index in [0.717, 1.165) is 25.0 Å². The highest BCUT2D eigenvalue weighted by molar-refractivity contribution is 5.78. The number of amides is 1. The van der Waals surface area contributed by atoms with Crippen molar-refractivity contribution in [1.29, 1.82) is 0 Å². The zero-order valence-electron chi connectivity index (χ0n) is 15.5. The van der Waals surface area contributed by atoms with Gasteiger partial charge in [-0.05, 0) is 55.4 Å². The predicted molar refractivity (Wildman–Crippen MR) is 98.1 cm³/mol. The third-order valence-corrected chi connectivity index (χ3v) is 5.66. The molecule has 1 aliphatic carbocycles. The minimum atomic E-state index is -4.78. The van der Waals surface area contributed by atoms with Gasteiger partial charge in [-0.2, -0.15) is 13.2 Å². The van der Waals surface area contributed by atoms with Gasteiger partial charge in [-0.15, -0.1) is 0 Å². The Labute approximate surface area is 164 Å². The van der Waals surface area contributed by atoms with Crippen LogP contribution in [0.15, 0.2) is 35.1 Å². The van der Waals surface area contributed by atoms with Gasteiger partial charge >= 0.3 is 6.18 Å². The summed E-state index contributed by atoms with van der Waals surface area (Å²) in [6, 6.07) is 6.13. The fourth-order valence-corrected chi connectivity index (χ4v) is 3.98. The summed E-state index contributed by atoms with van der Waals surface area (Å²) < 4.78 is 53.0. The highest BCUT2D eigenvalue weighted by Crippen LogP contribution is 2.39. The SMILES string of the molecule is O=C1CC[C@H](CC(c2ccc(C(F)(F)F)c(F)c2)c2ccc(C3CC3)c(=O)[nH]2)N1. The number of carbonyl (C=O) groups excluding carboxylic acids is 1. The zero-order chi connectivity index (χ0) is 20.8. The van der Waals surface area contributed by atoms with Gasteiger partial charge in [0, 0.05) is 29.6 Å². The second-order valence-electron chi connectivity index (χ2n) is 7.80. The number of rotatable bonds is 5. The molecule has 0 radical (unpaired) electrons. The number of alkyl halides is 3. The van der Waals surface area contributed by atoms with Crippen LogP contribution in [-0.4, -0.2) is 16.9 Å². The molecule has 1 unspecified atom stereocenters. The number of halogens is 4. The van der Waals surface area contributed by atoms with E-state index in [0.29, 0.717) is 36.1 Å². The van der Waals surface area contributed by atoms with E-state index >= 15 is 0 Å². The Morgan fingerprint density at radius 3 is 2.38 bits per heavy atom. The standard InChI is InChI=1S/C21H20F4N2O2/c22-17-9-12(3-6-16(17)21(23,24)25)15(10-13-4-8-19(28)26-13)18-7-5-14(11-1-2-11)20(29)27-18/h3,5-7,9,11,13,15H,1-2,4,8,10H2,(H,26,28)(H,27,29)/t13-,15?/m1/s1. The van der Waals surface area contributed by atoms with Crippen molar-refractivity contribution >= 4 is 5.91 Å². The molecule has 2 fully saturated rings. The molecule has 2 aliphatic rings. The molecule has 1 aromatic heterocycles. The Morgan fingerprint density at radius 2 is 1.83 bits per heavy atom. The van der Waals surface area contributed by atoms with Crippen molar-refractivity contribution in [3.05, 3.63) is 68.9 Å². The van der Waals surface area contributed by atoms with Crippen LogP contribution in [0.2, 0.25) is 0 Å². The quantitative estimate of drug-likeness (QED) is 0.728. The minimum absolute atomic E-state index is 0.0927. The third kappa shape index (κ3) is 4.21. The van der Waals surface area contributed by atoms with Crippen LogP contribution in [0.5, 0.6) is 0 Å². The van der Waals surface area contributed by atoms with Gasteiger partial charge in [0.1, 0.15) is 5.82 Å². The Kier molecular flexibility index (Phi) is 4.96. The maximum atomic E-state index is 14.2. The van der Waals surface area contributed by atoms with Crippen LogP contribution in [-0.2, 0) is 11.0 Å². The molecule has 0 bridgehead atoms. The zero-order valence-corrected chi connectivity index (χ0v) is 15.5. The summed E-state index contributed by atoms with van der Waals surface area (Å²) in [5, 5.41) is 2.82. The molecular formula is C21H20F4N2O2. The van der Waals surface area contributed by atoms with Crippen LogP contribution in [0.25, 0.3) is 0 Å². The maximum Gasteiger partial charge on any atom is 0.419 e. The molecule has 2 aromatic rings. The Balaban J connectivity index is 1.70. The van der Waals surface area contributed by atoms with Crippen molar-refractivity contribution in [1.82, 2.24) is 10.3 Å². The summed E-state index contributed by atoms with van der Waals surface area (Å²) >= 11 is 0. The molecule has 2 heterocycles. The van der Waals surface area contributed by atoms with Crippen molar-refractivity contribution in [2.24, 2.45) is 0 Å². The topological polar surface area (TPSA) is 62.0 Å². The molecule has 2 atom stereocenters. The lowest BCUT2D eigenvalue weighted by Gasteiger charge is -2.22. The number of aromatic nitrogens is 1. The van der Waals surface area contributed by atoms with E-state index in [1.807, 2.05) is 0 Å². The van der Waals surface area contributed by atoms with Gasteiger partial charge in [-0.1, -0.05) is 12.1 Å². The monoisotopic (exact) mass is 408 g/mol. The number of hydrogen-bond donors (Lipinski definition) is 2. The molecule has 1 aliphatic heterocycles. The molecule has 4 rings (SSSR count). The number of H-pyrrole nitrogens is 1. The first-order valence-electron chi connectivity index (χ1n) is 9.61. The average Bonchev–Trinajstić information content (AvgIpc) is 3.40. The normalized spacial score (nSPS) is 20.6. The van der Waals surface area contributed by atoms with Gasteiger partial charge in [0.25, 0.3) is 5.56 Å². The molecule has 29 heavy (non-hydrogen) atoms. The first-order valence-corrected chi connectivity index (χ1v) is 9.61. The molecule has 1 saturated heterocycles. The molecule has 154 valence electrons. The van der Waals surface area contributed by atoms with Gasteiger partial charge in [0.05, 0.1) is 5.56 Å². The Morgan fingerprint density at radius 1 is 1.07 bits per heavy atom. The van der Waals surface area contributed by atoms with Gasteiger partial charge < -0.3 is 10.3 Å². The van der Waals surface area contributed by atoms with Gasteiger partial charge in [0.15, 0.2) is 0 Å². The van der Waals surface area contributed by atoms with Crippen LogP contribution in [0.4, 0.5) is 17.6 Å². The van der Waals surface area contributed by atoms with Crippen molar-refractivity contribution in [2.45, 2.75) is 56.2 Å². The van der Waals surface area contributed by atoms with Crippen molar-refractivity contribution in [3.8, 4) is 0 Å². The van der Waals surface area contributed by atoms with Crippen LogP contribution in [0, 0.1) is 5.82 Å². The number of carbonyl (C=O) groups is 1. The van der Waals surface area contributed by atoms with E-state index in [2.05, 4.69) is 10.3 Å². The number of hydrogen-bond acceptors (Lipinski definition) is 2. The lowest BCUT2D eigenvalue weighted by molar-refractivity contribution is -0.140. The van der Waals surface area contributed by atoms with Crippen molar-refractivity contribution < 1.29 is 22.4 Å². The first kappa shape index (κ1) is 19.7.